The van der Waals surface area contributed by atoms with Crippen molar-refractivity contribution < 1.29 is 13.5 Å². The quantitative estimate of drug-likeness (QED) is 0.274. The summed E-state index contributed by atoms with van der Waals surface area (Å²) >= 11 is -1.42. The van der Waals surface area contributed by atoms with E-state index in [1.807, 2.05) is 69.3 Å². The summed E-state index contributed by atoms with van der Waals surface area (Å²) in [5.74, 6) is -0.431. The number of pyridine rings is 1. The number of hydrogen-bond acceptors (Lipinski definition) is 6. The van der Waals surface area contributed by atoms with Gasteiger partial charge in [0.15, 0.2) is 5.58 Å². The molecule has 0 aliphatic carbocycles. The third kappa shape index (κ3) is 4.90. The van der Waals surface area contributed by atoms with Gasteiger partial charge in [-0.3, -0.25) is 5.10 Å². The van der Waals surface area contributed by atoms with E-state index in [9.17, 15) is 4.55 Å². The Morgan fingerprint density at radius 3 is 2.64 bits per heavy atom. The predicted molar refractivity (Wildman–Crippen MR) is 139 cm³/mol. The second-order valence-corrected chi connectivity index (χ2v) is 11.5. The molecular weight excluding hydrogens is 477 g/mol. The molecule has 0 fully saturated rings. The monoisotopic (exact) mass is 503 g/mol. The van der Waals surface area contributed by atoms with Gasteiger partial charge in [-0.05, 0) is 50.6 Å². The van der Waals surface area contributed by atoms with E-state index in [4.69, 9.17) is 4.52 Å². The summed E-state index contributed by atoms with van der Waals surface area (Å²) in [4.78, 5) is 4.58. The lowest BCUT2D eigenvalue weighted by atomic mass is 9.94. The molecule has 9 heteroatoms. The van der Waals surface area contributed by atoms with Gasteiger partial charge in [0.1, 0.15) is 16.3 Å². The van der Waals surface area contributed by atoms with Crippen molar-refractivity contribution in [3.05, 3.63) is 90.1 Å². The number of aromatic nitrogens is 4. The highest BCUT2D eigenvalue weighted by Gasteiger charge is 2.32. The molecule has 3 aromatic heterocycles. The smallest absolute Gasteiger partial charge is 0.167 e. The average molecular weight is 504 g/mol. The molecule has 0 aliphatic heterocycles. The van der Waals surface area contributed by atoms with E-state index < -0.39 is 28.0 Å². The van der Waals surface area contributed by atoms with E-state index in [0.717, 1.165) is 22.1 Å². The fraction of sp³-hybridized carbons (Fsp3) is 0.222. The predicted octanol–water partition coefficient (Wildman–Crippen LogP) is 5.75. The van der Waals surface area contributed by atoms with Crippen LogP contribution in [0.4, 0.5) is 4.39 Å². The topological polar surface area (TPSA) is 103 Å². The van der Waals surface area contributed by atoms with Crippen LogP contribution in [0.5, 0.6) is 0 Å². The first-order chi connectivity index (χ1) is 17.3. The van der Waals surface area contributed by atoms with Crippen molar-refractivity contribution in [2.75, 3.05) is 0 Å². The summed E-state index contributed by atoms with van der Waals surface area (Å²) in [7, 11) is 0. The Kier molecular flexibility index (Phi) is 6.61. The van der Waals surface area contributed by atoms with Crippen molar-refractivity contribution in [2.45, 2.75) is 38.0 Å². The number of benzene rings is 2. The Hall–Kier alpha value is -3.53. The Morgan fingerprint density at radius 1 is 1.08 bits per heavy atom. The molecule has 1 unspecified atom stereocenters. The maximum Gasteiger partial charge on any atom is 0.167 e. The van der Waals surface area contributed by atoms with E-state index in [0.29, 0.717) is 17.0 Å². The molecule has 0 saturated heterocycles. The van der Waals surface area contributed by atoms with Crippen LogP contribution in [-0.4, -0.2) is 29.6 Å². The number of halogens is 1. The van der Waals surface area contributed by atoms with Crippen LogP contribution in [-0.2, 0) is 17.8 Å². The van der Waals surface area contributed by atoms with Crippen molar-refractivity contribution in [1.29, 1.82) is 0 Å². The van der Waals surface area contributed by atoms with Gasteiger partial charge in [-0.1, -0.05) is 41.6 Å². The number of fused-ring (bicyclic) bond motifs is 1. The van der Waals surface area contributed by atoms with E-state index in [2.05, 4.69) is 25.1 Å². The van der Waals surface area contributed by atoms with E-state index in [-0.39, 0.29) is 12.1 Å². The van der Waals surface area contributed by atoms with Crippen LogP contribution in [0.2, 0.25) is 0 Å². The SMILES string of the molecule is CC(C)(C)[S+]([O-])N[C@@H](Cc1nc(-c2cn[nH]c2)ccc1F)c1ccccc1-c1noc2ccccc12. The number of para-hydroxylation sites is 1. The summed E-state index contributed by atoms with van der Waals surface area (Å²) < 4.78 is 36.5. The normalized spacial score (nSPS) is 13.7. The standard InChI is InChI=1S/C27H26FN5O2S/c1-27(2,3)36(34)33-23(14-24-21(28)12-13-22(31-24)17-15-29-30-16-17)18-8-4-5-9-19(18)26-20-10-6-7-11-25(20)35-32-26/h4-13,15-16,23,33H,14H2,1-3H3,(H,29,30)/t23-,36?/m0/s1. The number of aromatic amines is 1. The number of H-pyrrole nitrogens is 1. The zero-order valence-corrected chi connectivity index (χ0v) is 21.0. The lowest BCUT2D eigenvalue weighted by Gasteiger charge is -2.29. The van der Waals surface area contributed by atoms with Crippen LogP contribution in [0.3, 0.4) is 0 Å². The maximum atomic E-state index is 15.0. The lowest BCUT2D eigenvalue weighted by molar-refractivity contribution is 0.459. The minimum absolute atomic E-state index is 0.173. The van der Waals surface area contributed by atoms with Gasteiger partial charge in [0.05, 0.1) is 23.6 Å². The molecule has 2 N–H and O–H groups in total. The molecule has 36 heavy (non-hydrogen) atoms. The summed E-state index contributed by atoms with van der Waals surface area (Å²) in [6.07, 6.45) is 3.52. The van der Waals surface area contributed by atoms with Crippen LogP contribution in [0, 0.1) is 5.82 Å². The van der Waals surface area contributed by atoms with Crippen LogP contribution >= 0.6 is 0 Å². The largest absolute Gasteiger partial charge is 0.598 e. The van der Waals surface area contributed by atoms with Gasteiger partial charge in [0.25, 0.3) is 0 Å². The summed E-state index contributed by atoms with van der Waals surface area (Å²) in [6.45, 7) is 5.67. The van der Waals surface area contributed by atoms with Gasteiger partial charge in [-0.2, -0.15) is 5.10 Å². The summed E-state index contributed by atoms with van der Waals surface area (Å²) in [5.41, 5.74) is 4.61. The molecule has 7 nitrogen and oxygen atoms in total. The molecule has 2 atom stereocenters. The van der Waals surface area contributed by atoms with E-state index >= 15 is 4.39 Å². The molecule has 0 saturated carbocycles. The first-order valence-corrected chi connectivity index (χ1v) is 12.7. The molecule has 3 heterocycles. The van der Waals surface area contributed by atoms with Crippen LogP contribution in [0.15, 0.2) is 77.6 Å². The highest BCUT2D eigenvalue weighted by molar-refractivity contribution is 7.90. The van der Waals surface area contributed by atoms with Gasteiger partial charge < -0.3 is 9.08 Å². The number of nitrogens with one attached hydrogen (secondary N) is 2. The minimum Gasteiger partial charge on any atom is -0.598 e. The van der Waals surface area contributed by atoms with Crippen molar-refractivity contribution in [1.82, 2.24) is 25.1 Å². The second kappa shape index (κ2) is 9.85. The third-order valence-electron chi connectivity index (χ3n) is 5.88. The van der Waals surface area contributed by atoms with Crippen molar-refractivity contribution in [3.8, 4) is 22.5 Å². The summed E-state index contributed by atoms with van der Waals surface area (Å²) in [6, 6.07) is 17.8. The average Bonchev–Trinajstić information content (AvgIpc) is 3.55. The Bertz CT molecular complexity index is 1480. The fourth-order valence-corrected chi connectivity index (χ4v) is 4.81. The van der Waals surface area contributed by atoms with Crippen LogP contribution in [0.1, 0.15) is 38.1 Å². The third-order valence-corrected chi connectivity index (χ3v) is 7.50. The molecule has 0 bridgehead atoms. The lowest BCUT2D eigenvalue weighted by Crippen LogP contribution is -2.42. The first-order valence-electron chi connectivity index (χ1n) is 11.6. The molecule has 0 amide bonds. The fourth-order valence-electron chi connectivity index (χ4n) is 3.99. The number of hydrogen-bond donors (Lipinski definition) is 2. The van der Waals surface area contributed by atoms with Gasteiger partial charge in [-0.25, -0.2) is 9.37 Å². The Morgan fingerprint density at radius 2 is 1.86 bits per heavy atom. The summed E-state index contributed by atoms with van der Waals surface area (Å²) in [5, 5.41) is 11.9. The maximum absolute atomic E-state index is 15.0. The Balaban J connectivity index is 1.60. The Labute approximate surface area is 211 Å². The van der Waals surface area contributed by atoms with Crippen LogP contribution in [0.25, 0.3) is 33.5 Å². The van der Waals surface area contributed by atoms with Gasteiger partial charge in [0.2, 0.25) is 0 Å². The second-order valence-electron chi connectivity index (χ2n) is 9.48. The number of rotatable bonds is 7. The number of nitrogens with zero attached hydrogens (tertiary/aromatic N) is 3. The first kappa shape index (κ1) is 24.2. The zero-order valence-electron chi connectivity index (χ0n) is 20.2. The molecule has 0 radical (unpaired) electrons. The van der Waals surface area contributed by atoms with E-state index in [1.165, 1.54) is 6.07 Å². The molecule has 184 valence electrons. The van der Waals surface area contributed by atoms with Gasteiger partial charge >= 0.3 is 0 Å². The van der Waals surface area contributed by atoms with E-state index in [1.54, 1.807) is 18.5 Å². The highest BCUT2D eigenvalue weighted by atomic mass is 32.2. The molecule has 2 aromatic carbocycles. The molecular formula is C27H26FN5O2S. The molecule has 0 spiro atoms. The van der Waals surface area contributed by atoms with Crippen molar-refractivity contribution >= 4 is 22.3 Å². The molecule has 0 aliphatic rings. The van der Waals surface area contributed by atoms with Gasteiger partial charge in [-0.15, -0.1) is 4.72 Å². The molecule has 5 aromatic rings. The zero-order chi connectivity index (χ0) is 25.3. The molecule has 5 rings (SSSR count). The van der Waals surface area contributed by atoms with Gasteiger partial charge in [0, 0.05) is 40.5 Å². The highest BCUT2D eigenvalue weighted by Crippen LogP contribution is 2.35. The van der Waals surface area contributed by atoms with Crippen molar-refractivity contribution in [2.24, 2.45) is 0 Å². The van der Waals surface area contributed by atoms with Crippen molar-refractivity contribution in [3.63, 3.8) is 0 Å². The minimum atomic E-state index is -1.42. The van der Waals surface area contributed by atoms with Crippen LogP contribution < -0.4 is 4.72 Å².